The smallest absolute Gasteiger partial charge is 0.154 e. The molecule has 1 aromatic heterocycles. The second-order valence-corrected chi connectivity index (χ2v) is 7.11. The summed E-state index contributed by atoms with van der Waals surface area (Å²) in [4.78, 5) is 13.3. The largest absolute Gasteiger partial charge is 0.357 e. The van der Waals surface area contributed by atoms with E-state index in [1.54, 1.807) is 17.4 Å². The van der Waals surface area contributed by atoms with Crippen LogP contribution in [0.1, 0.15) is 33.6 Å². The van der Waals surface area contributed by atoms with Gasteiger partial charge < -0.3 is 20.1 Å². The maximum Gasteiger partial charge on any atom is 0.154 e. The van der Waals surface area contributed by atoms with E-state index < -0.39 is 0 Å². The van der Waals surface area contributed by atoms with Crippen molar-refractivity contribution in [1.29, 1.82) is 0 Å². The molecule has 1 N–H and O–H groups in total. The summed E-state index contributed by atoms with van der Waals surface area (Å²) in [5.41, 5.74) is 3.36. The molecule has 0 saturated carbocycles. The third kappa shape index (κ3) is 6.31. The molecule has 0 aliphatic carbocycles. The topological polar surface area (TPSA) is 59.4 Å². The van der Waals surface area contributed by atoms with Crippen LogP contribution in [0.15, 0.2) is 77.0 Å². The predicted molar refractivity (Wildman–Crippen MR) is 133 cm³/mol. The van der Waals surface area contributed by atoms with Gasteiger partial charge in [0.15, 0.2) is 5.84 Å². The van der Waals surface area contributed by atoms with Crippen molar-refractivity contribution >= 4 is 23.6 Å². The number of allylic oxidation sites excluding steroid dienone is 2. The van der Waals surface area contributed by atoms with Gasteiger partial charge in [-0.25, -0.2) is 9.98 Å². The van der Waals surface area contributed by atoms with Gasteiger partial charge in [0.1, 0.15) is 5.82 Å². The average Bonchev–Trinajstić information content (AvgIpc) is 3.32. The van der Waals surface area contributed by atoms with Gasteiger partial charge in [-0.15, -0.1) is 0 Å². The second kappa shape index (κ2) is 11.7. The van der Waals surface area contributed by atoms with Crippen LogP contribution < -0.4 is 10.2 Å². The lowest BCUT2D eigenvalue weighted by Crippen LogP contribution is -2.29. The SMILES string of the molecule is C=C(/C=N\N(C)C)/C(=C/C)N1C=CN=C(Nc2ccnc(N3CCCC3)c2)C1=C.CC. The maximum absolute atomic E-state index is 4.51. The number of anilines is 2. The molecule has 166 valence electrons. The molecule has 3 rings (SSSR count). The molecule has 7 heteroatoms. The molecule has 0 unspecified atom stereocenters. The van der Waals surface area contributed by atoms with E-state index in [4.69, 9.17) is 0 Å². The Labute approximate surface area is 186 Å². The molecule has 1 aromatic rings. The number of aromatic nitrogens is 1. The molecule has 2 aliphatic heterocycles. The minimum Gasteiger partial charge on any atom is -0.357 e. The van der Waals surface area contributed by atoms with Crippen LogP contribution in [0, 0.1) is 0 Å². The van der Waals surface area contributed by atoms with Crippen LogP contribution in [-0.2, 0) is 0 Å². The quantitative estimate of drug-likeness (QED) is 0.405. The maximum atomic E-state index is 4.51. The standard InChI is InChI=1S/C22H29N7.C2H6/c1-6-20(17(2)16-25-27(4)5)29-14-11-24-22(18(29)3)26-19-9-10-23-21(15-19)28-12-7-8-13-28;1-2/h6,9-11,14-16H,2-3,7-8,12-13H2,1,4-5H3,(H,23,24,26);1-2H3/b20-6-,25-16-;. The third-order valence-electron chi connectivity index (χ3n) is 4.73. The lowest BCUT2D eigenvalue weighted by molar-refractivity contribution is 0.440. The Morgan fingerprint density at radius 2 is 1.97 bits per heavy atom. The normalized spacial score (nSPS) is 16.2. The second-order valence-electron chi connectivity index (χ2n) is 7.11. The number of nitrogens with zero attached hydrogens (tertiary/aromatic N) is 6. The van der Waals surface area contributed by atoms with Gasteiger partial charge in [-0.1, -0.05) is 33.1 Å². The third-order valence-corrected chi connectivity index (χ3v) is 4.73. The zero-order valence-corrected chi connectivity index (χ0v) is 19.5. The van der Waals surface area contributed by atoms with Crippen molar-refractivity contribution in [3.8, 4) is 0 Å². The van der Waals surface area contributed by atoms with Crippen molar-refractivity contribution in [3.63, 3.8) is 0 Å². The monoisotopic (exact) mass is 421 g/mol. The fourth-order valence-corrected chi connectivity index (χ4v) is 3.27. The molecular formula is C24H35N7. The molecule has 0 aromatic carbocycles. The van der Waals surface area contributed by atoms with E-state index in [2.05, 4.69) is 44.5 Å². The predicted octanol–water partition coefficient (Wildman–Crippen LogP) is 4.83. The molecule has 3 heterocycles. The Kier molecular flexibility index (Phi) is 9.06. The summed E-state index contributed by atoms with van der Waals surface area (Å²) in [5.74, 6) is 1.67. The van der Waals surface area contributed by atoms with Gasteiger partial charge in [0.25, 0.3) is 0 Å². The molecule has 0 amide bonds. The van der Waals surface area contributed by atoms with E-state index >= 15 is 0 Å². The van der Waals surface area contributed by atoms with E-state index in [0.717, 1.165) is 41.6 Å². The number of pyridine rings is 1. The van der Waals surface area contributed by atoms with Crippen LogP contribution in [0.5, 0.6) is 0 Å². The van der Waals surface area contributed by atoms with Crippen molar-refractivity contribution in [1.82, 2.24) is 14.9 Å². The first-order valence-corrected chi connectivity index (χ1v) is 10.8. The van der Waals surface area contributed by atoms with Gasteiger partial charge in [0, 0.05) is 68.8 Å². The fraction of sp³-hybridized carbons (Fsp3) is 0.375. The Morgan fingerprint density at radius 3 is 2.61 bits per heavy atom. The number of rotatable bonds is 6. The van der Waals surface area contributed by atoms with Gasteiger partial charge in [0.2, 0.25) is 0 Å². The highest BCUT2D eigenvalue weighted by atomic mass is 15.4. The summed E-state index contributed by atoms with van der Waals surface area (Å²) in [6, 6.07) is 4.00. The Hall–Kier alpha value is -3.35. The minimum atomic E-state index is 0.683. The summed E-state index contributed by atoms with van der Waals surface area (Å²) >= 11 is 0. The van der Waals surface area contributed by atoms with Crippen LogP contribution in [0.25, 0.3) is 0 Å². The summed E-state index contributed by atoms with van der Waals surface area (Å²) < 4.78 is 0. The van der Waals surface area contributed by atoms with Crippen LogP contribution in [0.3, 0.4) is 0 Å². The first-order valence-electron chi connectivity index (χ1n) is 10.8. The van der Waals surface area contributed by atoms with E-state index in [9.17, 15) is 0 Å². The van der Waals surface area contributed by atoms with Crippen LogP contribution >= 0.6 is 0 Å². The van der Waals surface area contributed by atoms with Crippen LogP contribution in [0.2, 0.25) is 0 Å². The first kappa shape index (κ1) is 23.9. The van der Waals surface area contributed by atoms with Gasteiger partial charge >= 0.3 is 0 Å². The van der Waals surface area contributed by atoms with Crippen molar-refractivity contribution in [3.05, 3.63) is 66.9 Å². The molecule has 1 saturated heterocycles. The number of nitrogens with one attached hydrogen (secondary N) is 1. The zero-order chi connectivity index (χ0) is 22.8. The van der Waals surface area contributed by atoms with Gasteiger partial charge in [0.05, 0.1) is 11.9 Å². The van der Waals surface area contributed by atoms with Crippen molar-refractivity contribution in [2.24, 2.45) is 10.1 Å². The zero-order valence-electron chi connectivity index (χ0n) is 19.5. The van der Waals surface area contributed by atoms with E-state index in [0.29, 0.717) is 5.84 Å². The lowest BCUT2D eigenvalue weighted by Gasteiger charge is -2.29. The fourth-order valence-electron chi connectivity index (χ4n) is 3.27. The summed E-state index contributed by atoms with van der Waals surface area (Å²) in [7, 11) is 3.75. The minimum absolute atomic E-state index is 0.683. The van der Waals surface area contributed by atoms with E-state index in [1.165, 1.54) is 12.8 Å². The molecule has 1 fully saturated rings. The van der Waals surface area contributed by atoms with Crippen LogP contribution in [-0.4, -0.2) is 54.1 Å². The van der Waals surface area contributed by atoms with Crippen LogP contribution in [0.4, 0.5) is 11.5 Å². The summed E-state index contributed by atoms with van der Waals surface area (Å²) in [6.07, 6.45) is 11.6. The molecule has 0 radical (unpaired) electrons. The van der Waals surface area contributed by atoms with E-state index in [-0.39, 0.29) is 0 Å². The lowest BCUT2D eigenvalue weighted by atomic mass is 10.1. The highest BCUT2D eigenvalue weighted by Gasteiger charge is 2.20. The Bertz CT molecular complexity index is 887. The molecule has 2 aliphatic rings. The molecule has 0 bridgehead atoms. The Balaban J connectivity index is 0.00000166. The van der Waals surface area contributed by atoms with Crippen molar-refractivity contribution < 1.29 is 0 Å². The number of hydrogen-bond acceptors (Lipinski definition) is 7. The number of hydrogen-bond donors (Lipinski definition) is 1. The number of hydrazone groups is 1. The van der Waals surface area contributed by atoms with Gasteiger partial charge in [-0.05, 0) is 25.8 Å². The van der Waals surface area contributed by atoms with Gasteiger partial charge in [-0.3, -0.25) is 0 Å². The Morgan fingerprint density at radius 1 is 1.26 bits per heavy atom. The number of aliphatic imine (C=N–C) groups is 1. The van der Waals surface area contributed by atoms with Gasteiger partial charge in [-0.2, -0.15) is 5.10 Å². The molecule has 0 spiro atoms. The van der Waals surface area contributed by atoms with Crippen molar-refractivity contribution in [2.75, 3.05) is 37.4 Å². The molecular weight excluding hydrogens is 386 g/mol. The van der Waals surface area contributed by atoms with Crippen molar-refractivity contribution in [2.45, 2.75) is 33.6 Å². The molecule has 7 nitrogen and oxygen atoms in total. The average molecular weight is 422 g/mol. The highest BCUT2D eigenvalue weighted by Crippen LogP contribution is 2.25. The first-order chi connectivity index (χ1) is 15.0. The molecule has 31 heavy (non-hydrogen) atoms. The summed E-state index contributed by atoms with van der Waals surface area (Å²) in [6.45, 7) is 16.5. The highest BCUT2D eigenvalue weighted by molar-refractivity contribution is 6.08. The summed E-state index contributed by atoms with van der Waals surface area (Å²) in [5, 5.41) is 9.39. The molecule has 0 atom stereocenters. The number of amidine groups is 1. The van der Waals surface area contributed by atoms with E-state index in [1.807, 2.05) is 64.3 Å².